The minimum absolute atomic E-state index is 0. The van der Waals surface area contributed by atoms with E-state index in [2.05, 4.69) is 63.2 Å². The van der Waals surface area contributed by atoms with Crippen molar-refractivity contribution in [1.29, 1.82) is 0 Å². The molecule has 0 nitrogen and oxygen atoms in total. The Bertz CT molecular complexity index is 455. The first-order valence-electron chi connectivity index (χ1n) is 5.53. The highest BCUT2D eigenvalue weighted by atomic mass is 14.2. The fourth-order valence-corrected chi connectivity index (χ4v) is 2.02. The molecule has 0 aliphatic rings. The molecule has 16 heavy (non-hydrogen) atoms. The third kappa shape index (κ3) is 2.85. The van der Waals surface area contributed by atoms with Crippen LogP contribution < -0.4 is 0 Å². The average molecular weight is 214 g/mol. The monoisotopic (exact) mass is 214 g/mol. The van der Waals surface area contributed by atoms with Crippen LogP contribution in [0.5, 0.6) is 0 Å². The lowest BCUT2D eigenvalue weighted by Gasteiger charge is -2.19. The predicted molar refractivity (Wildman–Crippen MR) is 73.8 cm³/mol. The van der Waals surface area contributed by atoms with Gasteiger partial charge in [-0.25, -0.2) is 0 Å². The van der Waals surface area contributed by atoms with Gasteiger partial charge < -0.3 is 0 Å². The highest BCUT2D eigenvalue weighted by Crippen LogP contribution is 2.26. The van der Waals surface area contributed by atoms with E-state index in [1.165, 1.54) is 16.3 Å². The normalized spacial score (nSPS) is 11.2. The van der Waals surface area contributed by atoms with Gasteiger partial charge in [-0.1, -0.05) is 70.7 Å². The summed E-state index contributed by atoms with van der Waals surface area (Å²) in [5.74, 6) is 0. The number of hydrogen-bond donors (Lipinski definition) is 0. The van der Waals surface area contributed by atoms with E-state index in [9.17, 15) is 0 Å². The molecule has 2 rings (SSSR count). The Balaban J connectivity index is 0.00000128. The van der Waals surface area contributed by atoms with Crippen molar-refractivity contribution in [2.24, 2.45) is 5.41 Å². The molecule has 2 aromatic rings. The van der Waals surface area contributed by atoms with E-state index in [4.69, 9.17) is 0 Å². The van der Waals surface area contributed by atoms with Gasteiger partial charge in [0.05, 0.1) is 0 Å². The fourth-order valence-electron chi connectivity index (χ4n) is 2.02. The van der Waals surface area contributed by atoms with E-state index >= 15 is 0 Å². The minimum Gasteiger partial charge on any atom is -0.0776 e. The lowest BCUT2D eigenvalue weighted by atomic mass is 9.86. The summed E-state index contributed by atoms with van der Waals surface area (Å²) in [6.07, 6.45) is 1.13. The summed E-state index contributed by atoms with van der Waals surface area (Å²) in [6.45, 7) is 6.86. The summed E-state index contributed by atoms with van der Waals surface area (Å²) in [7, 11) is 0. The third-order valence-electron chi connectivity index (χ3n) is 2.60. The van der Waals surface area contributed by atoms with Crippen LogP contribution in [0, 0.1) is 5.41 Å². The molecule has 0 aliphatic carbocycles. The van der Waals surface area contributed by atoms with E-state index in [0.717, 1.165) is 6.42 Å². The van der Waals surface area contributed by atoms with Crippen LogP contribution in [0.3, 0.4) is 0 Å². The maximum absolute atomic E-state index is 2.29. The standard InChI is InChI=1S/C15H18.CH4/c1-15(2,3)11-13-9-6-8-12-7-4-5-10-14(12)13;/h4-10H,11H2,1-3H3;1H4. The van der Waals surface area contributed by atoms with Crippen molar-refractivity contribution in [1.82, 2.24) is 0 Å². The van der Waals surface area contributed by atoms with Crippen molar-refractivity contribution in [2.75, 3.05) is 0 Å². The predicted octanol–water partition coefficient (Wildman–Crippen LogP) is 5.06. The van der Waals surface area contributed by atoms with Crippen LogP contribution in [-0.2, 0) is 6.42 Å². The van der Waals surface area contributed by atoms with Gasteiger partial charge in [0.2, 0.25) is 0 Å². The molecule has 0 heterocycles. The number of rotatable bonds is 1. The molecule has 0 unspecified atom stereocenters. The maximum atomic E-state index is 2.29. The Morgan fingerprint density at radius 1 is 0.875 bits per heavy atom. The van der Waals surface area contributed by atoms with Crippen LogP contribution in [0.1, 0.15) is 33.8 Å². The molecular formula is C16H22. The topological polar surface area (TPSA) is 0 Å². The van der Waals surface area contributed by atoms with E-state index in [-0.39, 0.29) is 7.43 Å². The fraction of sp³-hybridized carbons (Fsp3) is 0.375. The molecule has 0 spiro atoms. The Labute approximate surface area is 99.3 Å². The first-order chi connectivity index (χ1) is 7.06. The molecule has 0 aromatic heterocycles. The van der Waals surface area contributed by atoms with E-state index < -0.39 is 0 Å². The van der Waals surface area contributed by atoms with Crippen LogP contribution in [0.25, 0.3) is 10.8 Å². The first kappa shape index (κ1) is 12.8. The molecule has 0 aliphatic heterocycles. The zero-order valence-electron chi connectivity index (χ0n) is 9.75. The van der Waals surface area contributed by atoms with Gasteiger partial charge in [0.25, 0.3) is 0 Å². The second kappa shape index (κ2) is 4.69. The third-order valence-corrected chi connectivity index (χ3v) is 2.60. The van der Waals surface area contributed by atoms with Crippen molar-refractivity contribution in [3.05, 3.63) is 48.0 Å². The van der Waals surface area contributed by atoms with Gasteiger partial charge in [-0.05, 0) is 28.2 Å². The zero-order valence-corrected chi connectivity index (χ0v) is 9.75. The van der Waals surface area contributed by atoms with Crippen molar-refractivity contribution in [3.63, 3.8) is 0 Å². The SMILES string of the molecule is C.CC(C)(C)Cc1cccc2ccccc12. The van der Waals surface area contributed by atoms with Crippen molar-refractivity contribution < 1.29 is 0 Å². The van der Waals surface area contributed by atoms with Crippen LogP contribution in [0.4, 0.5) is 0 Å². The molecule has 0 radical (unpaired) electrons. The van der Waals surface area contributed by atoms with Gasteiger partial charge >= 0.3 is 0 Å². The molecule has 0 N–H and O–H groups in total. The molecule has 2 aromatic carbocycles. The Morgan fingerprint density at radius 3 is 2.19 bits per heavy atom. The summed E-state index contributed by atoms with van der Waals surface area (Å²) >= 11 is 0. The average Bonchev–Trinajstić information content (AvgIpc) is 2.16. The highest BCUT2D eigenvalue weighted by Gasteiger charge is 2.12. The van der Waals surface area contributed by atoms with Crippen molar-refractivity contribution >= 4 is 10.8 Å². The minimum atomic E-state index is 0. The van der Waals surface area contributed by atoms with Crippen molar-refractivity contribution in [3.8, 4) is 0 Å². The molecule has 0 saturated heterocycles. The van der Waals surface area contributed by atoms with Crippen LogP contribution >= 0.6 is 0 Å². The van der Waals surface area contributed by atoms with Gasteiger partial charge in [-0.2, -0.15) is 0 Å². The van der Waals surface area contributed by atoms with Crippen LogP contribution in [0.2, 0.25) is 0 Å². The van der Waals surface area contributed by atoms with Gasteiger partial charge in [0.1, 0.15) is 0 Å². The summed E-state index contributed by atoms with van der Waals surface area (Å²) in [5, 5.41) is 2.74. The van der Waals surface area contributed by atoms with E-state index in [1.54, 1.807) is 0 Å². The zero-order chi connectivity index (χ0) is 10.9. The smallest absolute Gasteiger partial charge is 0.0152 e. The maximum Gasteiger partial charge on any atom is -0.0152 e. The van der Waals surface area contributed by atoms with E-state index in [1.807, 2.05) is 0 Å². The number of fused-ring (bicyclic) bond motifs is 1. The van der Waals surface area contributed by atoms with Gasteiger partial charge in [0.15, 0.2) is 0 Å². The summed E-state index contributed by atoms with van der Waals surface area (Å²) in [6, 6.07) is 15.2. The molecule has 0 atom stereocenters. The van der Waals surface area contributed by atoms with Gasteiger partial charge in [0, 0.05) is 0 Å². The Kier molecular flexibility index (Phi) is 3.74. The second-order valence-corrected chi connectivity index (χ2v) is 5.38. The van der Waals surface area contributed by atoms with Crippen LogP contribution in [-0.4, -0.2) is 0 Å². The molecule has 0 saturated carbocycles. The molecule has 0 fully saturated rings. The van der Waals surface area contributed by atoms with Gasteiger partial charge in [-0.15, -0.1) is 0 Å². The molecular weight excluding hydrogens is 192 g/mol. The van der Waals surface area contributed by atoms with Crippen molar-refractivity contribution in [2.45, 2.75) is 34.6 Å². The number of benzene rings is 2. The first-order valence-corrected chi connectivity index (χ1v) is 5.53. The van der Waals surface area contributed by atoms with Crippen LogP contribution in [0.15, 0.2) is 42.5 Å². The lowest BCUT2D eigenvalue weighted by molar-refractivity contribution is 0.412. The quantitative estimate of drug-likeness (QED) is 0.622. The largest absolute Gasteiger partial charge is 0.0776 e. The molecule has 0 bridgehead atoms. The summed E-state index contributed by atoms with van der Waals surface area (Å²) in [5.41, 5.74) is 1.81. The Morgan fingerprint density at radius 2 is 1.50 bits per heavy atom. The summed E-state index contributed by atoms with van der Waals surface area (Å²) < 4.78 is 0. The summed E-state index contributed by atoms with van der Waals surface area (Å²) in [4.78, 5) is 0. The molecule has 86 valence electrons. The van der Waals surface area contributed by atoms with E-state index in [0.29, 0.717) is 5.41 Å². The molecule has 0 heteroatoms. The molecule has 0 amide bonds. The lowest BCUT2D eigenvalue weighted by Crippen LogP contribution is -2.09. The Hall–Kier alpha value is -1.30. The second-order valence-electron chi connectivity index (χ2n) is 5.38. The number of hydrogen-bond acceptors (Lipinski definition) is 0. The van der Waals surface area contributed by atoms with Gasteiger partial charge in [-0.3, -0.25) is 0 Å². The highest BCUT2D eigenvalue weighted by molar-refractivity contribution is 5.85.